The predicted molar refractivity (Wildman–Crippen MR) is 95.8 cm³/mol. The number of amides is 2. The van der Waals surface area contributed by atoms with E-state index in [1.807, 2.05) is 16.7 Å². The monoisotopic (exact) mass is 375 g/mol. The molecule has 0 aromatic rings. The summed E-state index contributed by atoms with van der Waals surface area (Å²) in [7, 11) is 0. The Hall–Kier alpha value is -0.890. The minimum absolute atomic E-state index is 0. The first-order valence-corrected chi connectivity index (χ1v) is 9.17. The standard InChI is InChI=1S/C17H29N3O4.ClH/c1-13(24-12-15-5-3-9-23-15)17(22)19-7-2-4-14(11-19)20-8-6-18-10-16(20)21;/h13-15,18H,2-12H2,1H3;1H. The molecule has 0 spiro atoms. The molecule has 2 amide bonds. The average Bonchev–Trinajstić information content (AvgIpc) is 3.13. The Labute approximate surface area is 155 Å². The van der Waals surface area contributed by atoms with E-state index in [0.29, 0.717) is 19.7 Å². The highest BCUT2D eigenvalue weighted by molar-refractivity contribution is 5.85. The van der Waals surface area contributed by atoms with Crippen molar-refractivity contribution in [2.75, 3.05) is 45.9 Å². The lowest BCUT2D eigenvalue weighted by molar-refractivity contribution is -0.149. The highest BCUT2D eigenvalue weighted by Crippen LogP contribution is 2.19. The fraction of sp³-hybridized carbons (Fsp3) is 0.882. The van der Waals surface area contributed by atoms with Crippen LogP contribution in [-0.2, 0) is 19.1 Å². The summed E-state index contributed by atoms with van der Waals surface area (Å²) in [5, 5.41) is 3.10. The normalized spacial score (nSPS) is 28.6. The molecule has 0 radical (unpaired) electrons. The van der Waals surface area contributed by atoms with Gasteiger partial charge in [0.05, 0.1) is 19.3 Å². The minimum atomic E-state index is -0.452. The molecule has 3 saturated heterocycles. The van der Waals surface area contributed by atoms with Crippen LogP contribution in [0.2, 0.25) is 0 Å². The van der Waals surface area contributed by atoms with Gasteiger partial charge in [-0.15, -0.1) is 12.4 Å². The lowest BCUT2D eigenvalue weighted by Gasteiger charge is -2.41. The molecule has 8 heteroatoms. The zero-order chi connectivity index (χ0) is 16.9. The van der Waals surface area contributed by atoms with Gasteiger partial charge in [0.1, 0.15) is 6.10 Å². The van der Waals surface area contributed by atoms with E-state index in [1.165, 1.54) is 0 Å². The summed E-state index contributed by atoms with van der Waals surface area (Å²) in [6, 6.07) is 0.141. The molecule has 3 rings (SSSR count). The Morgan fingerprint density at radius 2 is 2.20 bits per heavy atom. The van der Waals surface area contributed by atoms with Crippen LogP contribution >= 0.6 is 12.4 Å². The number of carbonyl (C=O) groups is 2. The Morgan fingerprint density at radius 1 is 1.36 bits per heavy atom. The molecule has 3 fully saturated rings. The van der Waals surface area contributed by atoms with Crippen LogP contribution in [0.4, 0.5) is 0 Å². The van der Waals surface area contributed by atoms with Crippen LogP contribution in [0.5, 0.6) is 0 Å². The van der Waals surface area contributed by atoms with Crippen molar-refractivity contribution in [3.63, 3.8) is 0 Å². The number of piperidine rings is 1. The van der Waals surface area contributed by atoms with Crippen molar-refractivity contribution in [3.8, 4) is 0 Å². The van der Waals surface area contributed by atoms with Crippen LogP contribution < -0.4 is 5.32 Å². The fourth-order valence-electron chi connectivity index (χ4n) is 3.77. The number of nitrogens with one attached hydrogen (secondary N) is 1. The molecule has 0 bridgehead atoms. The SMILES string of the molecule is CC(OCC1CCCO1)C(=O)N1CCCC(N2CCNCC2=O)C1.Cl. The summed E-state index contributed by atoms with van der Waals surface area (Å²) in [6.45, 7) is 6.45. The largest absolute Gasteiger partial charge is 0.376 e. The van der Waals surface area contributed by atoms with Gasteiger partial charge in [0.15, 0.2) is 0 Å². The third kappa shape index (κ3) is 5.29. The number of hydrogen-bond acceptors (Lipinski definition) is 5. The molecule has 7 nitrogen and oxygen atoms in total. The number of halogens is 1. The lowest BCUT2D eigenvalue weighted by Crippen LogP contribution is -2.58. The number of hydrogen-bond donors (Lipinski definition) is 1. The molecule has 3 aliphatic heterocycles. The second-order valence-corrected chi connectivity index (χ2v) is 6.95. The number of nitrogens with zero attached hydrogens (tertiary/aromatic N) is 2. The van der Waals surface area contributed by atoms with Crippen molar-refractivity contribution in [3.05, 3.63) is 0 Å². The van der Waals surface area contributed by atoms with Gasteiger partial charge in [0.25, 0.3) is 5.91 Å². The molecule has 0 aromatic heterocycles. The average molecular weight is 376 g/mol. The molecular weight excluding hydrogens is 346 g/mol. The van der Waals surface area contributed by atoms with E-state index in [1.54, 1.807) is 0 Å². The number of rotatable bonds is 5. The molecule has 25 heavy (non-hydrogen) atoms. The van der Waals surface area contributed by atoms with Crippen LogP contribution in [0.25, 0.3) is 0 Å². The van der Waals surface area contributed by atoms with Crippen molar-refractivity contribution in [1.29, 1.82) is 0 Å². The summed E-state index contributed by atoms with van der Waals surface area (Å²) in [6.07, 6.45) is 3.67. The molecule has 144 valence electrons. The van der Waals surface area contributed by atoms with Crippen molar-refractivity contribution in [2.45, 2.75) is 50.9 Å². The summed E-state index contributed by atoms with van der Waals surface area (Å²) < 4.78 is 11.3. The van der Waals surface area contributed by atoms with Crippen molar-refractivity contribution < 1.29 is 19.1 Å². The van der Waals surface area contributed by atoms with Crippen LogP contribution in [0, 0.1) is 0 Å². The first-order chi connectivity index (χ1) is 11.6. The Balaban J connectivity index is 0.00000225. The number of piperazine rings is 1. The Kier molecular flexibility index (Phi) is 7.93. The molecule has 0 aromatic carbocycles. The van der Waals surface area contributed by atoms with Gasteiger partial charge in [-0.25, -0.2) is 0 Å². The van der Waals surface area contributed by atoms with Gasteiger partial charge < -0.3 is 24.6 Å². The molecule has 3 unspecified atom stereocenters. The minimum Gasteiger partial charge on any atom is -0.376 e. The molecular formula is C17H30ClN3O4. The first-order valence-electron chi connectivity index (χ1n) is 9.17. The zero-order valence-corrected chi connectivity index (χ0v) is 15.8. The summed E-state index contributed by atoms with van der Waals surface area (Å²) >= 11 is 0. The van der Waals surface area contributed by atoms with Gasteiger partial charge >= 0.3 is 0 Å². The fourth-order valence-corrected chi connectivity index (χ4v) is 3.77. The molecule has 3 atom stereocenters. The molecule has 3 aliphatic rings. The highest BCUT2D eigenvalue weighted by atomic mass is 35.5. The topological polar surface area (TPSA) is 71.1 Å². The van der Waals surface area contributed by atoms with E-state index in [9.17, 15) is 9.59 Å². The summed E-state index contributed by atoms with van der Waals surface area (Å²) in [4.78, 5) is 28.5. The maximum absolute atomic E-state index is 12.7. The van der Waals surface area contributed by atoms with E-state index in [2.05, 4.69) is 5.32 Å². The second kappa shape index (κ2) is 9.71. The summed E-state index contributed by atoms with van der Waals surface area (Å²) in [5.41, 5.74) is 0. The van der Waals surface area contributed by atoms with Crippen molar-refractivity contribution >= 4 is 24.2 Å². The van der Waals surface area contributed by atoms with Crippen molar-refractivity contribution in [2.24, 2.45) is 0 Å². The zero-order valence-electron chi connectivity index (χ0n) is 14.9. The molecule has 1 N–H and O–H groups in total. The van der Waals surface area contributed by atoms with Crippen LogP contribution in [-0.4, -0.2) is 85.8 Å². The number of carbonyl (C=O) groups excluding carboxylic acids is 2. The van der Waals surface area contributed by atoms with E-state index in [4.69, 9.17) is 9.47 Å². The number of ether oxygens (including phenoxy) is 2. The van der Waals surface area contributed by atoms with Crippen LogP contribution in [0.3, 0.4) is 0 Å². The van der Waals surface area contributed by atoms with Gasteiger partial charge in [-0.1, -0.05) is 0 Å². The second-order valence-electron chi connectivity index (χ2n) is 6.95. The Bertz CT molecular complexity index is 459. The maximum Gasteiger partial charge on any atom is 0.251 e. The van der Waals surface area contributed by atoms with E-state index in [-0.39, 0.29) is 36.4 Å². The van der Waals surface area contributed by atoms with Crippen molar-refractivity contribution in [1.82, 2.24) is 15.1 Å². The molecule has 3 heterocycles. The lowest BCUT2D eigenvalue weighted by atomic mass is 10.0. The van der Waals surface area contributed by atoms with E-state index < -0.39 is 6.10 Å². The van der Waals surface area contributed by atoms with Gasteiger partial charge in [-0.05, 0) is 32.6 Å². The van der Waals surface area contributed by atoms with Crippen LogP contribution in [0.15, 0.2) is 0 Å². The van der Waals surface area contributed by atoms with Crippen LogP contribution in [0.1, 0.15) is 32.6 Å². The maximum atomic E-state index is 12.7. The van der Waals surface area contributed by atoms with Gasteiger partial charge in [-0.2, -0.15) is 0 Å². The number of likely N-dealkylation sites (tertiary alicyclic amines) is 1. The highest BCUT2D eigenvalue weighted by Gasteiger charge is 2.33. The first kappa shape index (κ1) is 20.4. The molecule has 0 saturated carbocycles. The van der Waals surface area contributed by atoms with Gasteiger partial charge in [0, 0.05) is 38.8 Å². The summed E-state index contributed by atoms with van der Waals surface area (Å²) in [5.74, 6) is 0.170. The van der Waals surface area contributed by atoms with E-state index >= 15 is 0 Å². The predicted octanol–water partition coefficient (Wildman–Crippen LogP) is 0.415. The van der Waals surface area contributed by atoms with E-state index in [0.717, 1.165) is 51.9 Å². The van der Waals surface area contributed by atoms with Gasteiger partial charge in [-0.3, -0.25) is 9.59 Å². The van der Waals surface area contributed by atoms with Gasteiger partial charge in [0.2, 0.25) is 5.91 Å². The Morgan fingerprint density at radius 3 is 2.92 bits per heavy atom. The molecule has 0 aliphatic carbocycles. The third-order valence-electron chi connectivity index (χ3n) is 5.18. The quantitative estimate of drug-likeness (QED) is 0.754. The smallest absolute Gasteiger partial charge is 0.251 e. The third-order valence-corrected chi connectivity index (χ3v) is 5.18.